The van der Waals surface area contributed by atoms with E-state index < -0.39 is 97.1 Å². The molecule has 0 aromatic heterocycles. The minimum atomic E-state index is -6.84. The van der Waals surface area contributed by atoms with E-state index in [1.165, 1.54) is 0 Å². The zero-order chi connectivity index (χ0) is 40.0. The first-order chi connectivity index (χ1) is 23.4. The SMILES string of the molecule is O=C(CC(=O)C(F)(F)C(F)(F)C(F)(F)F)c1ccc(-c2ccc(S(=O)(=O)Cl)cc2-c2ccc(C(=O)CC(=O)C(F)(F)C(F)(F)C(F)(F)F)cc2)cc1.[Eu+3]. The first kappa shape index (κ1) is 46.3. The van der Waals surface area contributed by atoms with Gasteiger partial charge in [0.1, 0.15) is 0 Å². The van der Waals surface area contributed by atoms with E-state index in [-0.39, 0.29) is 71.6 Å². The van der Waals surface area contributed by atoms with Crippen LogP contribution in [0.1, 0.15) is 33.6 Å². The largest absolute Gasteiger partial charge is 3.00 e. The van der Waals surface area contributed by atoms with Crippen molar-refractivity contribution >= 4 is 42.9 Å². The molecule has 0 amide bonds. The monoisotopic (exact) mass is 957 g/mol. The normalized spacial score (nSPS) is 13.3. The number of benzene rings is 3. The number of hydrogen-bond acceptors (Lipinski definition) is 6. The quantitative estimate of drug-likeness (QED) is 0.0735. The maximum absolute atomic E-state index is 13.7. The van der Waals surface area contributed by atoms with Crippen molar-refractivity contribution in [3.05, 3.63) is 77.9 Å². The molecule has 286 valence electrons. The molecule has 0 spiro atoms. The molecule has 53 heavy (non-hydrogen) atoms. The molecule has 0 aliphatic carbocycles. The molecule has 6 nitrogen and oxygen atoms in total. The van der Waals surface area contributed by atoms with Gasteiger partial charge >= 0.3 is 85.4 Å². The van der Waals surface area contributed by atoms with Crippen LogP contribution in [0.4, 0.5) is 61.5 Å². The van der Waals surface area contributed by atoms with Gasteiger partial charge < -0.3 is 0 Å². The van der Waals surface area contributed by atoms with E-state index in [2.05, 4.69) is 0 Å². The molecule has 0 saturated heterocycles. The predicted molar refractivity (Wildman–Crippen MR) is 150 cm³/mol. The van der Waals surface area contributed by atoms with Crippen LogP contribution in [0.15, 0.2) is 71.6 Å². The van der Waals surface area contributed by atoms with Crippen molar-refractivity contribution in [3.63, 3.8) is 0 Å². The van der Waals surface area contributed by atoms with E-state index in [1.54, 1.807) is 0 Å². The summed E-state index contributed by atoms with van der Waals surface area (Å²) in [4.78, 5) is 47.4. The number of rotatable bonds is 13. The van der Waals surface area contributed by atoms with Gasteiger partial charge in [-0.15, -0.1) is 0 Å². The van der Waals surface area contributed by atoms with Crippen LogP contribution in [0, 0.1) is 49.4 Å². The Hall–Kier alpha value is -2.82. The maximum atomic E-state index is 13.7. The number of Topliss-reactive ketones (excluding diaryl/α,β-unsaturated/α-hetero) is 4. The Balaban J connectivity index is 0.00000972. The van der Waals surface area contributed by atoms with Crippen molar-refractivity contribution in [1.82, 2.24) is 0 Å². The molecule has 0 aliphatic rings. The summed E-state index contributed by atoms with van der Waals surface area (Å²) in [7, 11) is 0.935. The van der Waals surface area contributed by atoms with E-state index in [4.69, 9.17) is 10.7 Å². The Morgan fingerprint density at radius 3 is 1.13 bits per heavy atom. The van der Waals surface area contributed by atoms with Gasteiger partial charge in [0, 0.05) is 21.8 Å². The van der Waals surface area contributed by atoms with E-state index in [0.717, 1.165) is 66.7 Å². The second-order valence-electron chi connectivity index (χ2n) is 10.6. The topological polar surface area (TPSA) is 102 Å². The molecule has 3 aromatic carbocycles. The van der Waals surface area contributed by atoms with Crippen LogP contribution < -0.4 is 0 Å². The molecule has 0 N–H and O–H groups in total. The third kappa shape index (κ3) is 9.36. The summed E-state index contributed by atoms with van der Waals surface area (Å²) in [5.41, 5.74) is -1.31. The molecule has 0 unspecified atom stereocenters. The minimum absolute atomic E-state index is 0. The Bertz CT molecular complexity index is 2010. The third-order valence-corrected chi connectivity index (χ3v) is 8.50. The first-order valence-corrected chi connectivity index (χ1v) is 15.8. The standard InChI is InChI=1S/C30H15ClF14O6S.Eu/c31-52(50,51)18-9-10-19(14-1-5-16(6-2-14)21(46)12-23(48)25(32,33)27(36,37)29(40,41)42)20(11-18)15-3-7-17(8-4-15)22(47)13-24(49)26(34,35)28(38,39)30(43,44)45;/h1-11H,12-13H2;/q;+3. The second-order valence-corrected chi connectivity index (χ2v) is 13.2. The summed E-state index contributed by atoms with van der Waals surface area (Å²) >= 11 is 0. The van der Waals surface area contributed by atoms with Gasteiger partial charge in [0.15, 0.2) is 11.6 Å². The number of carbonyl (C=O) groups excluding carboxylic acids is 4. The van der Waals surface area contributed by atoms with Crippen molar-refractivity contribution in [3.8, 4) is 22.3 Å². The van der Waals surface area contributed by atoms with Crippen LogP contribution in [-0.4, -0.2) is 67.6 Å². The Labute approximate surface area is 332 Å². The fourth-order valence-electron chi connectivity index (χ4n) is 4.26. The molecule has 0 heterocycles. The van der Waals surface area contributed by atoms with E-state index >= 15 is 0 Å². The third-order valence-electron chi connectivity index (χ3n) is 7.15. The van der Waals surface area contributed by atoms with Gasteiger partial charge in [-0.25, -0.2) is 8.42 Å². The smallest absolute Gasteiger partial charge is 0.294 e. The molecule has 0 bridgehead atoms. The molecule has 0 aliphatic heterocycles. The van der Waals surface area contributed by atoms with Crippen molar-refractivity contribution in [1.29, 1.82) is 0 Å². The average molecular weight is 957 g/mol. The zero-order valence-corrected chi connectivity index (χ0v) is 29.2. The van der Waals surface area contributed by atoms with E-state index in [9.17, 15) is 89.1 Å². The molecular weight excluding hydrogens is 942 g/mol. The molecule has 0 fully saturated rings. The molecule has 3 aromatic rings. The van der Waals surface area contributed by atoms with Gasteiger partial charge in [-0.2, -0.15) is 61.5 Å². The van der Waals surface area contributed by atoms with Gasteiger partial charge in [0.25, 0.3) is 9.05 Å². The average Bonchev–Trinajstić information content (AvgIpc) is 3.02. The molecule has 0 radical (unpaired) electrons. The first-order valence-electron chi connectivity index (χ1n) is 13.4. The fourth-order valence-corrected chi connectivity index (χ4v) is 5.04. The molecule has 0 saturated carbocycles. The Kier molecular flexibility index (Phi) is 13.8. The molecule has 0 atom stereocenters. The molecule has 3 rings (SSSR count). The van der Waals surface area contributed by atoms with Crippen LogP contribution in [0.2, 0.25) is 0 Å². The van der Waals surface area contributed by atoms with Gasteiger partial charge in [-0.3, -0.25) is 19.2 Å². The van der Waals surface area contributed by atoms with Gasteiger partial charge in [-0.1, -0.05) is 54.6 Å². The summed E-state index contributed by atoms with van der Waals surface area (Å²) in [6.07, 6.45) is -17.8. The zero-order valence-electron chi connectivity index (χ0n) is 25.2. The van der Waals surface area contributed by atoms with Crippen molar-refractivity contribution in [2.75, 3.05) is 0 Å². The number of carbonyl (C=O) groups is 4. The summed E-state index contributed by atoms with van der Waals surface area (Å²) in [6, 6.07) is 10.3. The summed E-state index contributed by atoms with van der Waals surface area (Å²) < 4.78 is 206. The summed E-state index contributed by atoms with van der Waals surface area (Å²) in [5, 5.41) is 0. The molecule has 23 heteroatoms. The summed E-state index contributed by atoms with van der Waals surface area (Å²) in [5.74, 6) is -35.5. The van der Waals surface area contributed by atoms with Crippen molar-refractivity contribution in [2.24, 2.45) is 0 Å². The second kappa shape index (κ2) is 15.7. The van der Waals surface area contributed by atoms with Gasteiger partial charge in [0.2, 0.25) is 11.6 Å². The van der Waals surface area contributed by atoms with Crippen LogP contribution in [0.3, 0.4) is 0 Å². The van der Waals surface area contributed by atoms with Crippen LogP contribution in [-0.2, 0) is 18.6 Å². The fraction of sp³-hybridized carbons (Fsp3) is 0.267. The minimum Gasteiger partial charge on any atom is -0.294 e. The number of ketones is 4. The predicted octanol–water partition coefficient (Wildman–Crippen LogP) is 8.90. The van der Waals surface area contributed by atoms with E-state index in [1.807, 2.05) is 0 Å². The van der Waals surface area contributed by atoms with Crippen LogP contribution in [0.25, 0.3) is 22.3 Å². The van der Waals surface area contributed by atoms with E-state index in [0.29, 0.717) is 0 Å². The molecular formula is C30H15ClEuF14O6S+3. The number of alkyl halides is 14. The Morgan fingerprint density at radius 2 is 0.830 bits per heavy atom. The van der Waals surface area contributed by atoms with Gasteiger partial charge in [-0.05, 0) is 34.4 Å². The number of halogens is 15. The van der Waals surface area contributed by atoms with Crippen molar-refractivity contribution < 1.29 is 138 Å². The Morgan fingerprint density at radius 1 is 0.509 bits per heavy atom. The number of hydrogen-bond donors (Lipinski definition) is 0. The van der Waals surface area contributed by atoms with Crippen LogP contribution in [0.5, 0.6) is 0 Å². The van der Waals surface area contributed by atoms with Crippen LogP contribution >= 0.6 is 10.7 Å². The maximum Gasteiger partial charge on any atom is 3.00 e. The van der Waals surface area contributed by atoms with Gasteiger partial charge in [0.05, 0.1) is 17.7 Å². The summed E-state index contributed by atoms with van der Waals surface area (Å²) in [6.45, 7) is 0. The van der Waals surface area contributed by atoms with Crippen molar-refractivity contribution in [2.45, 2.75) is 53.8 Å².